The summed E-state index contributed by atoms with van der Waals surface area (Å²) in [6, 6.07) is 17.7. The minimum Gasteiger partial charge on any atom is -0.748 e. The van der Waals surface area contributed by atoms with E-state index in [9.17, 15) is 4.79 Å². The third-order valence-electron chi connectivity index (χ3n) is 4.08. The van der Waals surface area contributed by atoms with E-state index >= 15 is 0 Å². The topological polar surface area (TPSA) is 17.1 Å². The molecule has 0 aliphatic carbocycles. The van der Waals surface area contributed by atoms with Crippen LogP contribution in [0, 0.1) is 0 Å². The molecule has 2 aromatic carbocycles. The summed E-state index contributed by atoms with van der Waals surface area (Å²) >= 11 is 3.46. The molecular weight excluding hydrogens is 416 g/mol. The summed E-state index contributed by atoms with van der Waals surface area (Å²) < 4.78 is 0. The predicted octanol–water partition coefficient (Wildman–Crippen LogP) is 7.29. The van der Waals surface area contributed by atoms with Crippen molar-refractivity contribution < 1.29 is 21.9 Å². The van der Waals surface area contributed by atoms with E-state index in [1.807, 2.05) is 54.6 Å². The summed E-state index contributed by atoms with van der Waals surface area (Å²) in [5.41, 5.74) is 0.881. The molecule has 0 aliphatic rings. The Balaban J connectivity index is 0.000000820. The molecule has 0 fully saturated rings. The molecule has 0 saturated carbocycles. The molecule has 0 saturated heterocycles. The number of halogens is 1. The average Bonchev–Trinajstić information content (AvgIpc) is 3.32. The van der Waals surface area contributed by atoms with E-state index in [2.05, 4.69) is 15.9 Å². The molecule has 0 aliphatic heterocycles. The van der Waals surface area contributed by atoms with Crippen LogP contribution in [0.15, 0.2) is 54.6 Å². The van der Waals surface area contributed by atoms with Crippen molar-refractivity contribution in [2.24, 2.45) is 0 Å². The van der Waals surface area contributed by atoms with Gasteiger partial charge in [0.05, 0.1) is 0 Å². The molecule has 0 spiro atoms. The number of rotatable bonds is 12. The largest absolute Gasteiger partial charge is 0.748 e. The summed E-state index contributed by atoms with van der Waals surface area (Å²) in [6.07, 6.45) is 12.4. The molecule has 0 aromatic heterocycles. The van der Waals surface area contributed by atoms with Gasteiger partial charge in [-0.3, -0.25) is 0 Å². The number of hydrogen-bond acceptors (Lipinski definition) is 1. The van der Waals surface area contributed by atoms with Gasteiger partial charge in [-0.2, -0.15) is 12.1 Å². The Morgan fingerprint density at radius 1 is 0.720 bits per heavy atom. The normalized spacial score (nSPS) is 9.80. The minimum atomic E-state index is 0. The second-order valence-corrected chi connectivity index (χ2v) is 6.97. The smallest absolute Gasteiger partial charge is 0.108 e. The van der Waals surface area contributed by atoms with E-state index in [0.717, 1.165) is 23.7 Å². The Kier molecular flexibility index (Phi) is 17.7. The fourth-order valence-electron chi connectivity index (χ4n) is 2.64. The number of ketones is 1. The summed E-state index contributed by atoms with van der Waals surface area (Å²) in [4.78, 5) is 11.7. The molecule has 1 nitrogen and oxygen atoms in total. The van der Waals surface area contributed by atoms with Crippen molar-refractivity contribution >= 4 is 21.7 Å². The second kappa shape index (κ2) is 18.2. The van der Waals surface area contributed by atoms with Crippen molar-refractivity contribution in [2.75, 3.05) is 5.33 Å². The first-order chi connectivity index (χ1) is 11.8. The van der Waals surface area contributed by atoms with E-state index in [-0.39, 0.29) is 17.1 Å². The van der Waals surface area contributed by atoms with E-state index in [1.54, 1.807) is 0 Å². The summed E-state index contributed by atoms with van der Waals surface area (Å²) in [5.74, 6) is 0.305. The molecule has 3 heteroatoms. The van der Waals surface area contributed by atoms with Gasteiger partial charge in [-0.15, -0.1) is 0 Å². The number of carbonyl (C=O) groups excluding carboxylic acids is 1. The monoisotopic (exact) mass is 446 g/mol. The van der Waals surface area contributed by atoms with Crippen LogP contribution in [0.25, 0.3) is 0 Å². The van der Waals surface area contributed by atoms with Crippen molar-refractivity contribution in [1.29, 1.82) is 0 Å². The van der Waals surface area contributed by atoms with Gasteiger partial charge in [0.25, 0.3) is 0 Å². The van der Waals surface area contributed by atoms with Gasteiger partial charge in [-0.05, 0) is 19.3 Å². The Labute approximate surface area is 172 Å². The van der Waals surface area contributed by atoms with Crippen molar-refractivity contribution in [3.63, 3.8) is 0 Å². The molecule has 146 valence electrons. The minimum absolute atomic E-state index is 0. The van der Waals surface area contributed by atoms with Crippen LogP contribution in [-0.2, 0) is 17.1 Å². The van der Waals surface area contributed by atoms with Gasteiger partial charge in [-0.25, -0.2) is 12.1 Å². The molecular formula is C22H31BrFeO-6. The Hall–Kier alpha value is -0.631. The van der Waals surface area contributed by atoms with Crippen molar-refractivity contribution in [3.05, 3.63) is 60.2 Å². The maximum absolute atomic E-state index is 11.7. The summed E-state index contributed by atoms with van der Waals surface area (Å²) in [5, 5.41) is 1.14. The van der Waals surface area contributed by atoms with Crippen LogP contribution in [0.5, 0.6) is 0 Å². The van der Waals surface area contributed by atoms with E-state index in [4.69, 9.17) is 0 Å². The van der Waals surface area contributed by atoms with Crippen molar-refractivity contribution in [3.8, 4) is 0 Å². The maximum atomic E-state index is 11.7. The van der Waals surface area contributed by atoms with Crippen LogP contribution in [0.1, 0.15) is 74.6 Å². The van der Waals surface area contributed by atoms with Crippen LogP contribution in [-0.4, -0.2) is 11.1 Å². The molecule has 0 atom stereocenters. The average molecular weight is 447 g/mol. The van der Waals surface area contributed by atoms with Gasteiger partial charge in [0.15, 0.2) is 0 Å². The third-order valence-corrected chi connectivity index (χ3v) is 4.64. The van der Waals surface area contributed by atoms with Crippen LogP contribution in [0.2, 0.25) is 0 Å². The molecule has 2 rings (SSSR count). The summed E-state index contributed by atoms with van der Waals surface area (Å²) in [7, 11) is 0. The van der Waals surface area contributed by atoms with Crippen LogP contribution in [0.4, 0.5) is 0 Å². The number of carbonyl (C=O) groups is 1. The van der Waals surface area contributed by atoms with E-state index < -0.39 is 0 Å². The van der Waals surface area contributed by atoms with Gasteiger partial charge in [0.1, 0.15) is 5.78 Å². The Morgan fingerprint density at radius 2 is 1.12 bits per heavy atom. The number of hydrogen-bond donors (Lipinski definition) is 0. The maximum Gasteiger partial charge on any atom is 0.108 e. The van der Waals surface area contributed by atoms with Gasteiger partial charge in [0, 0.05) is 22.4 Å². The predicted molar refractivity (Wildman–Crippen MR) is 108 cm³/mol. The quantitative estimate of drug-likeness (QED) is 0.110. The molecule has 0 radical (unpaired) electrons. The first-order valence-electron chi connectivity index (χ1n) is 9.32. The van der Waals surface area contributed by atoms with E-state index in [1.165, 1.54) is 51.4 Å². The number of unbranched alkanes of at least 4 members (excludes halogenated alkanes) is 8. The SMILES string of the molecule is O=C(CCCCCCCCCCCBr)[c-]1cccc1.[Fe].[cH-]1[cH-][cH-][cH-][cH-]1. The van der Waals surface area contributed by atoms with Crippen LogP contribution >= 0.6 is 15.9 Å². The fraction of sp³-hybridized carbons (Fsp3) is 0.500. The van der Waals surface area contributed by atoms with Gasteiger partial charge >= 0.3 is 0 Å². The first-order valence-corrected chi connectivity index (χ1v) is 10.4. The molecule has 0 unspecified atom stereocenters. The Bertz CT molecular complexity index is 459. The summed E-state index contributed by atoms with van der Waals surface area (Å²) in [6.45, 7) is 0. The molecule has 25 heavy (non-hydrogen) atoms. The van der Waals surface area contributed by atoms with Crippen LogP contribution in [0.3, 0.4) is 0 Å². The zero-order valence-electron chi connectivity index (χ0n) is 15.1. The second-order valence-electron chi connectivity index (χ2n) is 6.18. The van der Waals surface area contributed by atoms with Gasteiger partial charge in [-0.1, -0.05) is 66.4 Å². The van der Waals surface area contributed by atoms with Crippen LogP contribution < -0.4 is 0 Å². The molecule has 0 amide bonds. The van der Waals surface area contributed by atoms with Crippen molar-refractivity contribution in [1.82, 2.24) is 0 Å². The van der Waals surface area contributed by atoms with Gasteiger partial charge in [0.2, 0.25) is 0 Å². The zero-order valence-corrected chi connectivity index (χ0v) is 17.8. The van der Waals surface area contributed by atoms with Gasteiger partial charge < -0.3 is 35.1 Å². The number of alkyl halides is 1. The third kappa shape index (κ3) is 14.2. The zero-order chi connectivity index (χ0) is 17.3. The fourth-order valence-corrected chi connectivity index (χ4v) is 3.04. The molecule has 2 aromatic rings. The first kappa shape index (κ1) is 24.4. The molecule has 0 bridgehead atoms. The Morgan fingerprint density at radius 3 is 1.56 bits per heavy atom. The molecule has 0 N–H and O–H groups in total. The van der Waals surface area contributed by atoms with E-state index in [0.29, 0.717) is 5.78 Å². The standard InChI is InChI=1S/C17H26BrO.C5H5.Fe/c18-15-11-7-5-3-1-2-4-6-8-14-17(19)16-12-9-10-13-16;1-2-4-5-3-1;/h9-10,12-13H,1-8,11,14-15H2;1-5H;/q-1;-5;. The molecule has 0 heterocycles. The number of Topliss-reactive ketones (excluding diaryl/α,β-unsaturated/α-hetero) is 1. The van der Waals surface area contributed by atoms with Crippen molar-refractivity contribution in [2.45, 2.75) is 64.2 Å².